The van der Waals surface area contributed by atoms with Gasteiger partial charge in [0.15, 0.2) is 6.20 Å². The maximum absolute atomic E-state index is 11.8. The van der Waals surface area contributed by atoms with Crippen molar-refractivity contribution in [3.63, 3.8) is 0 Å². The van der Waals surface area contributed by atoms with E-state index < -0.39 is 32.3 Å². The lowest BCUT2D eigenvalue weighted by Gasteiger charge is -2.20. The van der Waals surface area contributed by atoms with Crippen LogP contribution in [0, 0.1) is 10.1 Å². The Balaban J connectivity index is 3.08. The second-order valence-electron chi connectivity index (χ2n) is 4.14. The van der Waals surface area contributed by atoms with Gasteiger partial charge in [0.2, 0.25) is 10.0 Å². The predicted octanol–water partition coefficient (Wildman–Crippen LogP) is 0.131. The van der Waals surface area contributed by atoms with Crippen LogP contribution in [0.3, 0.4) is 0 Å². The molecule has 0 bridgehead atoms. The van der Waals surface area contributed by atoms with Crippen molar-refractivity contribution < 1.29 is 23.2 Å². The van der Waals surface area contributed by atoms with Crippen LogP contribution < -0.4 is 4.72 Å². The van der Waals surface area contributed by atoms with Crippen LogP contribution in [-0.4, -0.2) is 34.9 Å². The fourth-order valence-electron chi connectivity index (χ4n) is 1.08. The molecule has 9 nitrogen and oxygen atoms in total. The standard InChI is InChI=1S/C9H11N3O6S/c1-9(2,8(13)14)11-19(17,18)6-3-4-7(10-5-6)12(15)16/h3-5,11H,1-2H3,(H,13,14). The molecule has 0 aliphatic heterocycles. The summed E-state index contributed by atoms with van der Waals surface area (Å²) >= 11 is 0. The van der Waals surface area contributed by atoms with Gasteiger partial charge in [0, 0.05) is 6.07 Å². The summed E-state index contributed by atoms with van der Waals surface area (Å²) in [5, 5.41) is 19.2. The highest BCUT2D eigenvalue weighted by atomic mass is 32.2. The zero-order valence-electron chi connectivity index (χ0n) is 10.0. The van der Waals surface area contributed by atoms with Gasteiger partial charge in [-0.3, -0.25) is 4.79 Å². The Morgan fingerprint density at radius 3 is 2.42 bits per heavy atom. The van der Waals surface area contributed by atoms with Crippen LogP contribution in [0.2, 0.25) is 0 Å². The van der Waals surface area contributed by atoms with Crippen molar-refractivity contribution in [3.05, 3.63) is 28.4 Å². The molecular weight excluding hydrogens is 278 g/mol. The van der Waals surface area contributed by atoms with Gasteiger partial charge in [0.1, 0.15) is 10.4 Å². The summed E-state index contributed by atoms with van der Waals surface area (Å²) in [4.78, 5) is 23.4. The van der Waals surface area contributed by atoms with Crippen LogP contribution >= 0.6 is 0 Å². The molecule has 2 N–H and O–H groups in total. The van der Waals surface area contributed by atoms with Gasteiger partial charge in [-0.2, -0.15) is 4.72 Å². The third-order valence-corrected chi connectivity index (χ3v) is 3.78. The van der Waals surface area contributed by atoms with E-state index in [2.05, 4.69) is 4.98 Å². The van der Waals surface area contributed by atoms with Crippen molar-refractivity contribution in [2.45, 2.75) is 24.3 Å². The molecule has 0 spiro atoms. The summed E-state index contributed by atoms with van der Waals surface area (Å²) in [6.07, 6.45) is 0.790. The van der Waals surface area contributed by atoms with Crippen molar-refractivity contribution in [3.8, 4) is 0 Å². The van der Waals surface area contributed by atoms with E-state index in [1.807, 2.05) is 4.72 Å². The molecule has 0 radical (unpaired) electrons. The first-order valence-corrected chi connectivity index (χ1v) is 6.42. The van der Waals surface area contributed by atoms with E-state index in [9.17, 15) is 23.3 Å². The Hall–Kier alpha value is -2.07. The molecule has 10 heteroatoms. The minimum atomic E-state index is -4.12. The molecule has 0 saturated heterocycles. The number of aliphatic carboxylic acids is 1. The summed E-state index contributed by atoms with van der Waals surface area (Å²) in [5.74, 6) is -1.86. The Labute approximate surface area is 108 Å². The average molecular weight is 289 g/mol. The van der Waals surface area contributed by atoms with Crippen molar-refractivity contribution in [1.82, 2.24) is 9.71 Å². The van der Waals surface area contributed by atoms with Gasteiger partial charge >= 0.3 is 11.8 Å². The van der Waals surface area contributed by atoms with Crippen molar-refractivity contribution in [2.24, 2.45) is 0 Å². The molecule has 0 unspecified atom stereocenters. The van der Waals surface area contributed by atoms with E-state index in [0.29, 0.717) is 0 Å². The van der Waals surface area contributed by atoms with Gasteiger partial charge in [-0.05, 0) is 29.8 Å². The number of nitrogens with one attached hydrogen (secondary N) is 1. The van der Waals surface area contributed by atoms with Gasteiger partial charge in [-0.25, -0.2) is 8.42 Å². The Morgan fingerprint density at radius 2 is 2.05 bits per heavy atom. The maximum atomic E-state index is 11.8. The van der Waals surface area contributed by atoms with Crippen molar-refractivity contribution in [1.29, 1.82) is 0 Å². The molecule has 0 fully saturated rings. The second-order valence-corrected chi connectivity index (χ2v) is 5.83. The predicted molar refractivity (Wildman–Crippen MR) is 62.9 cm³/mol. The van der Waals surface area contributed by atoms with Crippen molar-refractivity contribution >= 4 is 21.8 Å². The lowest BCUT2D eigenvalue weighted by molar-refractivity contribution is -0.389. The van der Waals surface area contributed by atoms with Crippen molar-refractivity contribution in [2.75, 3.05) is 0 Å². The number of pyridine rings is 1. The van der Waals surface area contributed by atoms with E-state index in [-0.39, 0.29) is 4.90 Å². The molecule has 104 valence electrons. The Kier molecular flexibility index (Phi) is 3.86. The van der Waals surface area contributed by atoms with Gasteiger partial charge in [0.25, 0.3) is 0 Å². The molecule has 19 heavy (non-hydrogen) atoms. The van der Waals surface area contributed by atoms with Gasteiger partial charge in [0.05, 0.1) is 0 Å². The number of carboxylic acids is 1. The Bertz CT molecular complexity index is 607. The topological polar surface area (TPSA) is 140 Å². The first-order chi connectivity index (χ1) is 8.56. The largest absolute Gasteiger partial charge is 0.480 e. The average Bonchev–Trinajstić information content (AvgIpc) is 2.27. The molecule has 1 aromatic heterocycles. The lowest BCUT2D eigenvalue weighted by atomic mass is 10.1. The van der Waals surface area contributed by atoms with Gasteiger partial charge < -0.3 is 15.2 Å². The van der Waals surface area contributed by atoms with E-state index >= 15 is 0 Å². The molecule has 1 rings (SSSR count). The molecule has 0 aliphatic carbocycles. The molecule has 0 aliphatic rings. The monoisotopic (exact) mass is 289 g/mol. The van der Waals surface area contributed by atoms with Crippen LogP contribution in [0.5, 0.6) is 0 Å². The summed E-state index contributed by atoms with van der Waals surface area (Å²) in [7, 11) is -4.12. The van der Waals surface area contributed by atoms with Crippen LogP contribution in [0.4, 0.5) is 5.82 Å². The molecule has 0 amide bonds. The number of carbonyl (C=O) groups is 1. The minimum Gasteiger partial charge on any atom is -0.480 e. The SMILES string of the molecule is CC(C)(NS(=O)(=O)c1ccc([N+](=O)[O-])nc1)C(=O)O. The first-order valence-electron chi connectivity index (χ1n) is 4.94. The van der Waals surface area contributed by atoms with E-state index in [1.54, 1.807) is 0 Å². The fourth-order valence-corrected chi connectivity index (χ4v) is 2.39. The number of hydrogen-bond acceptors (Lipinski definition) is 6. The smallest absolute Gasteiger partial charge is 0.363 e. The first kappa shape index (κ1) is 15.0. The highest BCUT2D eigenvalue weighted by molar-refractivity contribution is 7.89. The quantitative estimate of drug-likeness (QED) is 0.580. The van der Waals surface area contributed by atoms with E-state index in [4.69, 9.17) is 5.11 Å². The third-order valence-electron chi connectivity index (χ3n) is 2.14. The zero-order chi connectivity index (χ0) is 14.8. The molecule has 0 aromatic carbocycles. The summed E-state index contributed by atoms with van der Waals surface area (Å²) in [5.41, 5.74) is -1.71. The fraction of sp³-hybridized carbons (Fsp3) is 0.333. The lowest BCUT2D eigenvalue weighted by Crippen LogP contribution is -2.49. The summed E-state index contributed by atoms with van der Waals surface area (Å²) in [6.45, 7) is 2.34. The van der Waals surface area contributed by atoms with E-state index in [1.165, 1.54) is 13.8 Å². The summed E-state index contributed by atoms with van der Waals surface area (Å²) in [6, 6.07) is 1.90. The molecule has 0 atom stereocenters. The number of carboxylic acid groups (broad SMARTS) is 1. The van der Waals surface area contributed by atoms with Crippen LogP contribution in [-0.2, 0) is 14.8 Å². The molecular formula is C9H11N3O6S. The zero-order valence-corrected chi connectivity index (χ0v) is 10.8. The maximum Gasteiger partial charge on any atom is 0.363 e. The summed E-state index contributed by atoms with van der Waals surface area (Å²) < 4.78 is 25.7. The van der Waals surface area contributed by atoms with Crippen LogP contribution in [0.15, 0.2) is 23.2 Å². The highest BCUT2D eigenvalue weighted by Crippen LogP contribution is 2.15. The Morgan fingerprint density at radius 1 is 1.47 bits per heavy atom. The third kappa shape index (κ3) is 3.45. The minimum absolute atomic E-state index is 0.354. The molecule has 0 saturated carbocycles. The molecule has 1 aromatic rings. The number of rotatable bonds is 5. The number of hydrogen-bond donors (Lipinski definition) is 2. The van der Waals surface area contributed by atoms with Gasteiger partial charge in [-0.15, -0.1) is 0 Å². The van der Waals surface area contributed by atoms with Crippen LogP contribution in [0.1, 0.15) is 13.8 Å². The number of nitro groups is 1. The normalized spacial score (nSPS) is 12.1. The van der Waals surface area contributed by atoms with Crippen LogP contribution in [0.25, 0.3) is 0 Å². The number of nitrogens with zero attached hydrogens (tertiary/aromatic N) is 2. The molecule has 1 heterocycles. The van der Waals surface area contributed by atoms with Gasteiger partial charge in [-0.1, -0.05) is 0 Å². The second kappa shape index (κ2) is 4.90. The highest BCUT2D eigenvalue weighted by Gasteiger charge is 2.33. The number of sulfonamides is 1. The van der Waals surface area contributed by atoms with E-state index in [0.717, 1.165) is 18.3 Å². The number of aromatic nitrogens is 1.